The van der Waals surface area contributed by atoms with E-state index in [1.54, 1.807) is 25.3 Å². The molecule has 0 aliphatic rings. The first kappa shape index (κ1) is 17.5. The Balaban J connectivity index is 1.65. The minimum atomic E-state index is -0.528. The predicted octanol–water partition coefficient (Wildman–Crippen LogP) is 2.93. The fourth-order valence-corrected chi connectivity index (χ4v) is 2.62. The first-order valence-corrected chi connectivity index (χ1v) is 8.10. The van der Waals surface area contributed by atoms with Crippen molar-refractivity contribution in [1.82, 2.24) is 10.2 Å². The van der Waals surface area contributed by atoms with Gasteiger partial charge in [-0.25, -0.2) is 4.79 Å². The summed E-state index contributed by atoms with van der Waals surface area (Å²) >= 11 is 0. The van der Waals surface area contributed by atoms with Crippen LogP contribution < -0.4 is 10.1 Å². The topological polar surface area (TPSA) is 93.3 Å². The van der Waals surface area contributed by atoms with Crippen molar-refractivity contribution in [1.29, 1.82) is 0 Å². The molecule has 2 N–H and O–H groups in total. The minimum absolute atomic E-state index is 0.108. The number of ether oxygens (including phenoxy) is 2. The number of anilines is 1. The summed E-state index contributed by atoms with van der Waals surface area (Å²) in [5, 5.41) is 10.2. The molecule has 2 aromatic carbocycles. The van der Waals surface area contributed by atoms with Crippen molar-refractivity contribution in [3.8, 4) is 5.75 Å². The quantitative estimate of drug-likeness (QED) is 0.665. The van der Waals surface area contributed by atoms with Gasteiger partial charge in [0.05, 0.1) is 19.7 Å². The number of H-pyrrole nitrogens is 1. The number of benzene rings is 2. The fraction of sp³-hybridized carbons (Fsp3) is 0.211. The number of hydrogen-bond acceptors (Lipinski definition) is 5. The summed E-state index contributed by atoms with van der Waals surface area (Å²) in [5.41, 5.74) is 2.54. The molecule has 7 heteroatoms. The Morgan fingerprint density at radius 3 is 2.58 bits per heavy atom. The summed E-state index contributed by atoms with van der Waals surface area (Å²) in [5.74, 6) is 0.149. The molecule has 3 rings (SSSR count). The molecule has 0 bridgehead atoms. The summed E-state index contributed by atoms with van der Waals surface area (Å²) in [4.78, 5) is 23.9. The molecular weight excluding hydrogens is 334 g/mol. The lowest BCUT2D eigenvalue weighted by atomic mass is 10.1. The maximum atomic E-state index is 12.2. The summed E-state index contributed by atoms with van der Waals surface area (Å²) in [6.45, 7) is 0. The van der Waals surface area contributed by atoms with Gasteiger partial charge in [-0.05, 0) is 42.3 Å². The van der Waals surface area contributed by atoms with Gasteiger partial charge in [0, 0.05) is 17.5 Å². The van der Waals surface area contributed by atoms with Crippen LogP contribution in [0.15, 0.2) is 42.5 Å². The highest BCUT2D eigenvalue weighted by molar-refractivity contribution is 6.03. The van der Waals surface area contributed by atoms with Gasteiger partial charge in [0.1, 0.15) is 5.75 Å². The van der Waals surface area contributed by atoms with Crippen molar-refractivity contribution < 1.29 is 19.1 Å². The number of aryl methyl sites for hydroxylation is 1. The van der Waals surface area contributed by atoms with Gasteiger partial charge in [0.15, 0.2) is 5.69 Å². The Morgan fingerprint density at radius 2 is 1.88 bits per heavy atom. The predicted molar refractivity (Wildman–Crippen MR) is 97.4 cm³/mol. The second-order valence-electron chi connectivity index (χ2n) is 5.72. The van der Waals surface area contributed by atoms with Crippen molar-refractivity contribution in [2.45, 2.75) is 12.8 Å². The van der Waals surface area contributed by atoms with E-state index in [4.69, 9.17) is 9.47 Å². The molecule has 0 aliphatic carbocycles. The van der Waals surface area contributed by atoms with E-state index in [0.29, 0.717) is 29.4 Å². The fourth-order valence-electron chi connectivity index (χ4n) is 2.62. The monoisotopic (exact) mass is 353 g/mol. The van der Waals surface area contributed by atoms with Gasteiger partial charge in [0.2, 0.25) is 5.91 Å². The molecule has 3 aromatic rings. The minimum Gasteiger partial charge on any atom is -0.497 e. The third kappa shape index (κ3) is 3.83. The lowest BCUT2D eigenvalue weighted by Gasteiger charge is -2.06. The molecule has 0 radical (unpaired) electrons. The van der Waals surface area contributed by atoms with Crippen LogP contribution in [0.4, 0.5) is 5.69 Å². The second kappa shape index (κ2) is 7.69. The number of aromatic nitrogens is 2. The Hall–Kier alpha value is -3.35. The van der Waals surface area contributed by atoms with Gasteiger partial charge < -0.3 is 14.8 Å². The van der Waals surface area contributed by atoms with Crippen LogP contribution in [0, 0.1) is 0 Å². The molecule has 0 unspecified atom stereocenters. The molecule has 0 fully saturated rings. The van der Waals surface area contributed by atoms with Crippen molar-refractivity contribution >= 4 is 28.5 Å². The Labute approximate surface area is 150 Å². The number of carbonyl (C=O) groups excluding carboxylic acids is 2. The zero-order valence-corrected chi connectivity index (χ0v) is 14.5. The van der Waals surface area contributed by atoms with Crippen LogP contribution in [0.1, 0.15) is 22.5 Å². The standard InChI is InChI=1S/C19H19N3O4/c1-25-14-7-3-12(4-8-14)5-10-17(23)20-13-6-9-16-15(11-13)18(22-21-16)19(24)26-2/h3-4,6-9,11H,5,10H2,1-2H3,(H,20,23)(H,21,22). The largest absolute Gasteiger partial charge is 0.497 e. The molecule has 1 aromatic heterocycles. The van der Waals surface area contributed by atoms with Gasteiger partial charge in [-0.2, -0.15) is 5.10 Å². The molecule has 26 heavy (non-hydrogen) atoms. The number of hydrogen-bond donors (Lipinski definition) is 2. The van der Waals surface area contributed by atoms with Crippen LogP contribution in [0.3, 0.4) is 0 Å². The van der Waals surface area contributed by atoms with E-state index < -0.39 is 5.97 Å². The first-order chi connectivity index (χ1) is 12.6. The third-order valence-electron chi connectivity index (χ3n) is 4.03. The molecular formula is C19H19N3O4. The molecule has 0 saturated heterocycles. The van der Waals surface area contributed by atoms with Gasteiger partial charge in [-0.3, -0.25) is 9.89 Å². The number of methoxy groups -OCH3 is 2. The summed E-state index contributed by atoms with van der Waals surface area (Å²) in [6, 6.07) is 12.8. The third-order valence-corrected chi connectivity index (χ3v) is 4.03. The molecule has 7 nitrogen and oxygen atoms in total. The summed E-state index contributed by atoms with van der Waals surface area (Å²) < 4.78 is 9.83. The Kier molecular flexibility index (Phi) is 5.17. The van der Waals surface area contributed by atoms with E-state index >= 15 is 0 Å². The van der Waals surface area contributed by atoms with Gasteiger partial charge in [-0.1, -0.05) is 12.1 Å². The normalized spacial score (nSPS) is 10.5. The maximum Gasteiger partial charge on any atom is 0.359 e. The van der Waals surface area contributed by atoms with Crippen LogP contribution >= 0.6 is 0 Å². The molecule has 134 valence electrons. The van der Waals surface area contributed by atoms with Crippen LogP contribution in [-0.4, -0.2) is 36.3 Å². The average Bonchev–Trinajstić information content (AvgIpc) is 3.09. The highest BCUT2D eigenvalue weighted by atomic mass is 16.5. The van der Waals surface area contributed by atoms with Gasteiger partial charge in [-0.15, -0.1) is 0 Å². The van der Waals surface area contributed by atoms with Crippen LogP contribution in [0.2, 0.25) is 0 Å². The van der Waals surface area contributed by atoms with Crippen LogP contribution in [0.25, 0.3) is 10.9 Å². The number of esters is 1. The van der Waals surface area contributed by atoms with E-state index in [1.807, 2.05) is 24.3 Å². The highest BCUT2D eigenvalue weighted by Gasteiger charge is 2.15. The molecule has 0 saturated carbocycles. The molecule has 0 aliphatic heterocycles. The number of amides is 1. The summed E-state index contributed by atoms with van der Waals surface area (Å²) in [6.07, 6.45) is 0.969. The lowest BCUT2D eigenvalue weighted by molar-refractivity contribution is -0.116. The summed E-state index contributed by atoms with van der Waals surface area (Å²) in [7, 11) is 2.92. The van der Waals surface area contributed by atoms with Crippen molar-refractivity contribution in [3.05, 3.63) is 53.7 Å². The van der Waals surface area contributed by atoms with Gasteiger partial charge >= 0.3 is 5.97 Å². The van der Waals surface area contributed by atoms with E-state index in [0.717, 1.165) is 11.3 Å². The Bertz CT molecular complexity index is 932. The number of nitrogens with zero attached hydrogens (tertiary/aromatic N) is 1. The number of fused-ring (bicyclic) bond motifs is 1. The van der Waals surface area contributed by atoms with E-state index in [1.165, 1.54) is 7.11 Å². The molecule has 0 spiro atoms. The van der Waals surface area contributed by atoms with E-state index in [9.17, 15) is 9.59 Å². The second-order valence-corrected chi connectivity index (χ2v) is 5.72. The number of carbonyl (C=O) groups is 2. The molecule has 1 amide bonds. The first-order valence-electron chi connectivity index (χ1n) is 8.10. The van der Waals surface area contributed by atoms with Crippen molar-refractivity contribution in [2.24, 2.45) is 0 Å². The van der Waals surface area contributed by atoms with Crippen LogP contribution in [0.5, 0.6) is 5.75 Å². The van der Waals surface area contributed by atoms with E-state index in [2.05, 4.69) is 15.5 Å². The number of rotatable bonds is 6. The Morgan fingerprint density at radius 1 is 1.12 bits per heavy atom. The highest BCUT2D eigenvalue weighted by Crippen LogP contribution is 2.21. The van der Waals surface area contributed by atoms with Crippen molar-refractivity contribution in [3.63, 3.8) is 0 Å². The number of aromatic amines is 1. The SMILES string of the molecule is COC(=O)c1n[nH]c2ccc(NC(=O)CCc3ccc(OC)cc3)cc12. The average molecular weight is 353 g/mol. The molecule has 1 heterocycles. The number of nitrogens with one attached hydrogen (secondary N) is 2. The zero-order chi connectivity index (χ0) is 18.5. The molecule has 0 atom stereocenters. The smallest absolute Gasteiger partial charge is 0.359 e. The zero-order valence-electron chi connectivity index (χ0n) is 14.5. The van der Waals surface area contributed by atoms with Gasteiger partial charge in [0.25, 0.3) is 0 Å². The lowest BCUT2D eigenvalue weighted by Crippen LogP contribution is -2.12. The van der Waals surface area contributed by atoms with E-state index in [-0.39, 0.29) is 11.6 Å². The van der Waals surface area contributed by atoms with Crippen molar-refractivity contribution in [2.75, 3.05) is 19.5 Å². The maximum absolute atomic E-state index is 12.2. The van der Waals surface area contributed by atoms with Crippen LogP contribution in [-0.2, 0) is 16.0 Å².